The van der Waals surface area contributed by atoms with Crippen LogP contribution in [0.3, 0.4) is 0 Å². The van der Waals surface area contributed by atoms with Gasteiger partial charge in [-0.1, -0.05) is 35.5 Å². The van der Waals surface area contributed by atoms with Crippen LogP contribution in [0, 0.1) is 6.92 Å². The first kappa shape index (κ1) is 22.2. The van der Waals surface area contributed by atoms with Crippen LogP contribution in [-0.4, -0.2) is 58.0 Å². The quantitative estimate of drug-likeness (QED) is 0.467. The molecule has 1 aliphatic rings. The summed E-state index contributed by atoms with van der Waals surface area (Å²) in [5, 5.41) is 11.8. The average Bonchev–Trinajstić information content (AvgIpc) is 3.44. The molecule has 9 heteroatoms. The van der Waals surface area contributed by atoms with E-state index in [1.54, 1.807) is 21.7 Å². The van der Waals surface area contributed by atoms with Gasteiger partial charge in [0, 0.05) is 30.1 Å². The molecule has 0 saturated carbocycles. The van der Waals surface area contributed by atoms with E-state index in [0.29, 0.717) is 54.5 Å². The van der Waals surface area contributed by atoms with Crippen LogP contribution < -0.4 is 5.32 Å². The van der Waals surface area contributed by atoms with E-state index in [4.69, 9.17) is 4.74 Å². The number of nitrogens with zero attached hydrogens (tertiary/aromatic N) is 4. The maximum Gasteiger partial charge on any atom is 0.257 e. The molecule has 174 valence electrons. The molecule has 0 aliphatic carbocycles. The third-order valence-electron chi connectivity index (χ3n) is 6.00. The largest absolute Gasteiger partial charge is 0.378 e. The van der Waals surface area contributed by atoms with Crippen LogP contribution in [0.2, 0.25) is 0 Å². The van der Waals surface area contributed by atoms with Crippen molar-refractivity contribution in [2.75, 3.05) is 31.6 Å². The topological polar surface area (TPSA) is 89.3 Å². The van der Waals surface area contributed by atoms with Crippen molar-refractivity contribution in [2.45, 2.75) is 20.4 Å². The van der Waals surface area contributed by atoms with Gasteiger partial charge in [0.05, 0.1) is 24.3 Å². The van der Waals surface area contributed by atoms with Crippen molar-refractivity contribution in [2.24, 2.45) is 0 Å². The number of hydrogen-bond donors (Lipinski definition) is 1. The SMILES string of the molecule is CCn1nnc2cc(C(=O)Nc3sc(-c4ccccc4)c(C)c3C(=O)N3CCOCC3)ccc21. The Balaban J connectivity index is 1.51. The average molecular weight is 476 g/mol. The minimum Gasteiger partial charge on any atom is -0.378 e. The normalized spacial score (nSPS) is 13.9. The van der Waals surface area contributed by atoms with Crippen molar-refractivity contribution in [1.29, 1.82) is 0 Å². The van der Waals surface area contributed by atoms with E-state index in [9.17, 15) is 9.59 Å². The van der Waals surface area contributed by atoms with Crippen molar-refractivity contribution < 1.29 is 14.3 Å². The number of carbonyl (C=O) groups excluding carboxylic acids is 2. The maximum atomic E-state index is 13.5. The molecule has 0 bridgehead atoms. The number of aromatic nitrogens is 3. The highest BCUT2D eigenvalue weighted by Crippen LogP contribution is 2.40. The molecule has 2 aromatic heterocycles. The summed E-state index contributed by atoms with van der Waals surface area (Å²) < 4.78 is 7.20. The number of hydrogen-bond acceptors (Lipinski definition) is 6. The predicted molar refractivity (Wildman–Crippen MR) is 132 cm³/mol. The first-order valence-corrected chi connectivity index (χ1v) is 12.1. The number of benzene rings is 2. The number of carbonyl (C=O) groups is 2. The Hall–Kier alpha value is -3.56. The Morgan fingerprint density at radius 3 is 2.62 bits per heavy atom. The van der Waals surface area contributed by atoms with E-state index in [-0.39, 0.29) is 11.8 Å². The van der Waals surface area contributed by atoms with E-state index in [0.717, 1.165) is 21.5 Å². The molecular formula is C25H25N5O3S. The lowest BCUT2D eigenvalue weighted by molar-refractivity contribution is 0.0303. The lowest BCUT2D eigenvalue weighted by Crippen LogP contribution is -2.41. The first-order chi connectivity index (χ1) is 16.6. The van der Waals surface area contributed by atoms with E-state index >= 15 is 0 Å². The monoisotopic (exact) mass is 475 g/mol. The van der Waals surface area contributed by atoms with Gasteiger partial charge in [0.25, 0.3) is 11.8 Å². The molecular weight excluding hydrogens is 450 g/mol. The molecule has 0 radical (unpaired) electrons. The molecule has 3 heterocycles. The van der Waals surface area contributed by atoms with Crippen molar-refractivity contribution >= 4 is 39.2 Å². The predicted octanol–water partition coefficient (Wildman–Crippen LogP) is 4.21. The number of amides is 2. The summed E-state index contributed by atoms with van der Waals surface area (Å²) in [4.78, 5) is 29.5. The zero-order valence-electron chi connectivity index (χ0n) is 19.1. The zero-order chi connectivity index (χ0) is 23.7. The number of fused-ring (bicyclic) bond motifs is 1. The summed E-state index contributed by atoms with van der Waals surface area (Å²) in [6.45, 7) is 6.73. The number of nitrogens with one attached hydrogen (secondary N) is 1. The molecule has 1 saturated heterocycles. The Bertz CT molecular complexity index is 1360. The van der Waals surface area contributed by atoms with Crippen LogP contribution in [0.1, 0.15) is 33.2 Å². The summed E-state index contributed by atoms with van der Waals surface area (Å²) in [6.07, 6.45) is 0. The second-order valence-corrected chi connectivity index (χ2v) is 9.11. The maximum absolute atomic E-state index is 13.5. The summed E-state index contributed by atoms with van der Waals surface area (Å²) in [7, 11) is 0. The van der Waals surface area contributed by atoms with Crippen LogP contribution in [0.15, 0.2) is 48.5 Å². The van der Waals surface area contributed by atoms with E-state index in [1.807, 2.05) is 50.2 Å². The molecule has 1 N–H and O–H groups in total. The zero-order valence-corrected chi connectivity index (χ0v) is 19.9. The molecule has 0 unspecified atom stereocenters. The van der Waals surface area contributed by atoms with Crippen LogP contribution >= 0.6 is 11.3 Å². The number of aryl methyl sites for hydroxylation is 1. The fourth-order valence-corrected chi connectivity index (χ4v) is 5.37. The highest BCUT2D eigenvalue weighted by atomic mass is 32.1. The second kappa shape index (κ2) is 9.36. The molecule has 8 nitrogen and oxygen atoms in total. The van der Waals surface area contributed by atoms with E-state index in [1.165, 1.54) is 11.3 Å². The van der Waals surface area contributed by atoms with Crippen molar-refractivity contribution in [3.63, 3.8) is 0 Å². The molecule has 0 spiro atoms. The van der Waals surface area contributed by atoms with Crippen LogP contribution in [0.25, 0.3) is 21.5 Å². The first-order valence-electron chi connectivity index (χ1n) is 11.3. The fourth-order valence-electron chi connectivity index (χ4n) is 4.17. The Labute approximate surface area is 201 Å². The summed E-state index contributed by atoms with van der Waals surface area (Å²) >= 11 is 1.42. The third-order valence-corrected chi connectivity index (χ3v) is 7.25. The number of morpholine rings is 1. The molecule has 2 amide bonds. The third kappa shape index (κ3) is 4.08. The highest BCUT2D eigenvalue weighted by Gasteiger charge is 2.28. The molecule has 1 fully saturated rings. The molecule has 2 aromatic carbocycles. The van der Waals surface area contributed by atoms with Crippen LogP contribution in [0.5, 0.6) is 0 Å². The molecule has 1 aliphatic heterocycles. The van der Waals surface area contributed by atoms with Gasteiger partial charge < -0.3 is 15.0 Å². The van der Waals surface area contributed by atoms with Gasteiger partial charge in [0.1, 0.15) is 10.5 Å². The van der Waals surface area contributed by atoms with Crippen LogP contribution in [-0.2, 0) is 11.3 Å². The Morgan fingerprint density at radius 2 is 1.88 bits per heavy atom. The van der Waals surface area contributed by atoms with E-state index in [2.05, 4.69) is 15.6 Å². The van der Waals surface area contributed by atoms with E-state index < -0.39 is 0 Å². The number of ether oxygens (including phenoxy) is 1. The van der Waals surface area contributed by atoms with Crippen molar-refractivity contribution in [1.82, 2.24) is 19.9 Å². The van der Waals surface area contributed by atoms with Gasteiger partial charge in [0.15, 0.2) is 0 Å². The minimum atomic E-state index is -0.287. The Kier molecular flexibility index (Phi) is 6.12. The van der Waals surface area contributed by atoms with Crippen LogP contribution in [0.4, 0.5) is 5.00 Å². The Morgan fingerprint density at radius 1 is 1.12 bits per heavy atom. The number of rotatable bonds is 5. The van der Waals surface area contributed by atoms with Gasteiger partial charge in [0.2, 0.25) is 0 Å². The smallest absolute Gasteiger partial charge is 0.257 e. The lowest BCUT2D eigenvalue weighted by Gasteiger charge is -2.27. The summed E-state index contributed by atoms with van der Waals surface area (Å²) in [5.74, 6) is -0.374. The second-order valence-electron chi connectivity index (χ2n) is 8.09. The number of thiophene rings is 1. The van der Waals surface area contributed by atoms with Gasteiger partial charge in [-0.15, -0.1) is 16.4 Å². The van der Waals surface area contributed by atoms with Gasteiger partial charge in [-0.25, -0.2) is 4.68 Å². The summed E-state index contributed by atoms with van der Waals surface area (Å²) in [5.41, 5.74) is 4.42. The highest BCUT2D eigenvalue weighted by molar-refractivity contribution is 7.20. The van der Waals surface area contributed by atoms with Gasteiger partial charge in [-0.05, 0) is 43.2 Å². The molecule has 34 heavy (non-hydrogen) atoms. The molecule has 5 rings (SSSR count). The standard InChI is InChI=1S/C25H25N5O3S/c1-3-30-20-10-9-18(15-19(20)27-28-30)23(31)26-24-21(25(32)29-11-13-33-14-12-29)16(2)22(34-24)17-7-5-4-6-8-17/h4-10,15H,3,11-14H2,1-2H3,(H,26,31). The lowest BCUT2D eigenvalue weighted by atomic mass is 10.1. The van der Waals surface area contributed by atoms with Gasteiger partial charge in [-0.3, -0.25) is 9.59 Å². The van der Waals surface area contributed by atoms with Crippen molar-refractivity contribution in [3.05, 3.63) is 65.2 Å². The summed E-state index contributed by atoms with van der Waals surface area (Å²) in [6, 6.07) is 15.3. The number of anilines is 1. The molecule has 4 aromatic rings. The van der Waals surface area contributed by atoms with Gasteiger partial charge in [-0.2, -0.15) is 0 Å². The van der Waals surface area contributed by atoms with Crippen molar-refractivity contribution in [3.8, 4) is 10.4 Å². The minimum absolute atomic E-state index is 0.0872. The fraction of sp³-hybridized carbons (Fsp3) is 0.280. The molecule has 0 atom stereocenters. The van der Waals surface area contributed by atoms with Gasteiger partial charge >= 0.3 is 0 Å².